The molecule has 0 saturated carbocycles. The molecule has 0 radical (unpaired) electrons. The van der Waals surface area contributed by atoms with E-state index in [-0.39, 0.29) is 17.4 Å². The monoisotopic (exact) mass is 393 g/mol. The van der Waals surface area contributed by atoms with Gasteiger partial charge in [0.1, 0.15) is 10.8 Å². The Hall–Kier alpha value is -3.39. The van der Waals surface area contributed by atoms with E-state index < -0.39 is 0 Å². The number of aromatic nitrogens is 4. The molecule has 4 rings (SSSR count). The van der Waals surface area contributed by atoms with Crippen LogP contribution in [-0.4, -0.2) is 25.9 Å². The van der Waals surface area contributed by atoms with Crippen molar-refractivity contribution in [1.82, 2.24) is 25.3 Å². The van der Waals surface area contributed by atoms with E-state index in [9.17, 15) is 9.18 Å². The standard InChI is InChI=1S/C20H16FN5OS/c1-13-19(24-25-26(13)16-9-7-15(21)8-10-16)20(27)22-11-18-23-17(12-28-18)14-5-3-2-4-6-14/h2-10,12H,11H2,1H3,(H,22,27). The first-order valence-corrected chi connectivity index (χ1v) is 9.46. The van der Waals surface area contributed by atoms with E-state index in [1.54, 1.807) is 19.1 Å². The molecule has 6 nitrogen and oxygen atoms in total. The Morgan fingerprint density at radius 2 is 1.89 bits per heavy atom. The van der Waals surface area contributed by atoms with Crippen LogP contribution in [0.3, 0.4) is 0 Å². The minimum absolute atomic E-state index is 0.226. The molecule has 0 fully saturated rings. The molecule has 0 spiro atoms. The zero-order valence-corrected chi connectivity index (χ0v) is 15.8. The van der Waals surface area contributed by atoms with Crippen molar-refractivity contribution in [2.24, 2.45) is 0 Å². The van der Waals surface area contributed by atoms with Gasteiger partial charge in [-0.1, -0.05) is 35.5 Å². The Morgan fingerprint density at radius 3 is 2.64 bits per heavy atom. The highest BCUT2D eigenvalue weighted by Crippen LogP contribution is 2.21. The second-order valence-corrected chi connectivity index (χ2v) is 7.03. The number of nitrogens with zero attached hydrogens (tertiary/aromatic N) is 4. The molecule has 8 heteroatoms. The number of hydrogen-bond donors (Lipinski definition) is 1. The van der Waals surface area contributed by atoms with Crippen LogP contribution in [0.2, 0.25) is 0 Å². The molecule has 0 bridgehead atoms. The maximum absolute atomic E-state index is 13.1. The lowest BCUT2D eigenvalue weighted by atomic mass is 10.2. The second kappa shape index (κ2) is 7.69. The summed E-state index contributed by atoms with van der Waals surface area (Å²) in [6, 6.07) is 15.7. The number of carbonyl (C=O) groups excluding carboxylic acids is 1. The summed E-state index contributed by atoms with van der Waals surface area (Å²) in [6.07, 6.45) is 0. The van der Waals surface area contributed by atoms with Crippen LogP contribution in [-0.2, 0) is 6.54 Å². The van der Waals surface area contributed by atoms with Gasteiger partial charge in [-0.15, -0.1) is 16.4 Å². The molecule has 1 amide bonds. The van der Waals surface area contributed by atoms with E-state index in [1.165, 1.54) is 28.2 Å². The SMILES string of the molecule is Cc1c(C(=O)NCc2nc(-c3ccccc3)cs2)nnn1-c1ccc(F)cc1. The summed E-state index contributed by atoms with van der Waals surface area (Å²) in [7, 11) is 0. The van der Waals surface area contributed by atoms with E-state index >= 15 is 0 Å². The largest absolute Gasteiger partial charge is 0.344 e. The quantitative estimate of drug-likeness (QED) is 0.560. The van der Waals surface area contributed by atoms with Crippen molar-refractivity contribution in [3.05, 3.63) is 82.2 Å². The summed E-state index contributed by atoms with van der Waals surface area (Å²) in [5, 5.41) is 13.6. The maximum Gasteiger partial charge on any atom is 0.274 e. The van der Waals surface area contributed by atoms with Crippen molar-refractivity contribution in [2.45, 2.75) is 13.5 Å². The topological polar surface area (TPSA) is 72.7 Å². The fourth-order valence-electron chi connectivity index (χ4n) is 2.74. The molecular weight excluding hydrogens is 377 g/mol. The van der Waals surface area contributed by atoms with E-state index in [1.807, 2.05) is 35.7 Å². The van der Waals surface area contributed by atoms with Crippen LogP contribution in [0.25, 0.3) is 16.9 Å². The van der Waals surface area contributed by atoms with Gasteiger partial charge in [0.05, 0.1) is 23.6 Å². The van der Waals surface area contributed by atoms with Crippen molar-refractivity contribution >= 4 is 17.2 Å². The van der Waals surface area contributed by atoms with Gasteiger partial charge in [0.2, 0.25) is 0 Å². The van der Waals surface area contributed by atoms with Crippen molar-refractivity contribution in [3.8, 4) is 16.9 Å². The summed E-state index contributed by atoms with van der Waals surface area (Å²) in [5.41, 5.74) is 3.36. The van der Waals surface area contributed by atoms with Gasteiger partial charge in [0.25, 0.3) is 5.91 Å². The Bertz CT molecular complexity index is 1110. The van der Waals surface area contributed by atoms with Crippen molar-refractivity contribution in [2.75, 3.05) is 0 Å². The molecule has 0 aliphatic carbocycles. The molecular formula is C20H16FN5OS. The normalized spacial score (nSPS) is 10.8. The van der Waals surface area contributed by atoms with Gasteiger partial charge in [0.15, 0.2) is 5.69 Å². The fraction of sp³-hybridized carbons (Fsp3) is 0.100. The molecule has 2 aromatic carbocycles. The minimum atomic E-state index is -0.335. The van der Waals surface area contributed by atoms with Gasteiger partial charge in [-0.3, -0.25) is 4.79 Å². The molecule has 0 saturated heterocycles. The lowest BCUT2D eigenvalue weighted by Crippen LogP contribution is -2.24. The van der Waals surface area contributed by atoms with E-state index in [4.69, 9.17) is 0 Å². The third kappa shape index (κ3) is 3.67. The first kappa shape index (κ1) is 18.0. The molecule has 0 atom stereocenters. The number of benzene rings is 2. The van der Waals surface area contributed by atoms with Gasteiger partial charge in [-0.05, 0) is 31.2 Å². The molecule has 1 N–H and O–H groups in total. The number of rotatable bonds is 5. The summed E-state index contributed by atoms with van der Waals surface area (Å²) < 4.78 is 14.6. The van der Waals surface area contributed by atoms with E-state index in [0.29, 0.717) is 17.9 Å². The molecule has 2 heterocycles. The number of carbonyl (C=O) groups is 1. The van der Waals surface area contributed by atoms with Crippen molar-refractivity contribution < 1.29 is 9.18 Å². The summed E-state index contributed by atoms with van der Waals surface area (Å²) in [6.45, 7) is 2.05. The lowest BCUT2D eigenvalue weighted by molar-refractivity contribution is 0.0945. The average molecular weight is 393 g/mol. The third-order valence-corrected chi connectivity index (χ3v) is 5.05. The zero-order chi connectivity index (χ0) is 19.5. The van der Waals surface area contributed by atoms with Crippen molar-refractivity contribution in [1.29, 1.82) is 0 Å². The Kier molecular flexibility index (Phi) is 4.94. The van der Waals surface area contributed by atoms with E-state index in [0.717, 1.165) is 16.3 Å². The van der Waals surface area contributed by atoms with Gasteiger partial charge in [0, 0.05) is 10.9 Å². The molecule has 0 unspecified atom stereocenters. The molecule has 28 heavy (non-hydrogen) atoms. The van der Waals surface area contributed by atoms with Crippen LogP contribution in [0.15, 0.2) is 60.0 Å². The molecule has 2 aromatic heterocycles. The summed E-state index contributed by atoms with van der Waals surface area (Å²) in [5.74, 6) is -0.667. The van der Waals surface area contributed by atoms with Crippen LogP contribution >= 0.6 is 11.3 Å². The molecule has 140 valence electrons. The van der Waals surface area contributed by atoms with Gasteiger partial charge >= 0.3 is 0 Å². The molecule has 0 aliphatic heterocycles. The first-order valence-electron chi connectivity index (χ1n) is 8.58. The highest BCUT2D eigenvalue weighted by molar-refractivity contribution is 7.09. The minimum Gasteiger partial charge on any atom is -0.344 e. The predicted octanol–water partition coefficient (Wildman–Crippen LogP) is 3.77. The summed E-state index contributed by atoms with van der Waals surface area (Å²) >= 11 is 1.49. The predicted molar refractivity (Wildman–Crippen MR) is 105 cm³/mol. The highest BCUT2D eigenvalue weighted by atomic mass is 32.1. The smallest absolute Gasteiger partial charge is 0.274 e. The number of nitrogens with one attached hydrogen (secondary N) is 1. The summed E-state index contributed by atoms with van der Waals surface area (Å²) in [4.78, 5) is 17.1. The lowest BCUT2D eigenvalue weighted by Gasteiger charge is -2.04. The van der Waals surface area contributed by atoms with Gasteiger partial charge < -0.3 is 5.32 Å². The van der Waals surface area contributed by atoms with Crippen LogP contribution in [0, 0.1) is 12.7 Å². The number of amides is 1. The second-order valence-electron chi connectivity index (χ2n) is 6.09. The fourth-order valence-corrected chi connectivity index (χ4v) is 3.48. The maximum atomic E-state index is 13.1. The average Bonchev–Trinajstić information content (AvgIpc) is 3.34. The van der Waals surface area contributed by atoms with Crippen LogP contribution in [0.1, 0.15) is 21.2 Å². The van der Waals surface area contributed by atoms with Crippen LogP contribution < -0.4 is 5.32 Å². The van der Waals surface area contributed by atoms with Crippen molar-refractivity contribution in [3.63, 3.8) is 0 Å². The number of thiazole rings is 1. The molecule has 4 aromatic rings. The molecule has 0 aliphatic rings. The Morgan fingerprint density at radius 1 is 1.14 bits per heavy atom. The van der Waals surface area contributed by atoms with Gasteiger partial charge in [-0.25, -0.2) is 14.1 Å². The highest BCUT2D eigenvalue weighted by Gasteiger charge is 2.17. The number of hydrogen-bond acceptors (Lipinski definition) is 5. The Balaban J connectivity index is 1.45. The van der Waals surface area contributed by atoms with Gasteiger partial charge in [-0.2, -0.15) is 0 Å². The zero-order valence-electron chi connectivity index (χ0n) is 15.0. The first-order chi connectivity index (χ1) is 13.6. The van der Waals surface area contributed by atoms with Crippen LogP contribution in [0.5, 0.6) is 0 Å². The van der Waals surface area contributed by atoms with E-state index in [2.05, 4.69) is 20.6 Å². The van der Waals surface area contributed by atoms with Crippen LogP contribution in [0.4, 0.5) is 4.39 Å². The third-order valence-electron chi connectivity index (χ3n) is 4.20. The number of halogens is 1. The Labute approximate surface area is 164 Å².